The van der Waals surface area contributed by atoms with Gasteiger partial charge >= 0.3 is 0 Å². The summed E-state index contributed by atoms with van der Waals surface area (Å²) >= 11 is 0. The number of nitrogens with one attached hydrogen (secondary N) is 1. The van der Waals surface area contributed by atoms with E-state index >= 15 is 0 Å². The molecule has 1 amide bonds. The second-order valence-electron chi connectivity index (χ2n) is 5.85. The highest BCUT2D eigenvalue weighted by molar-refractivity contribution is 7.99. The Labute approximate surface area is 125 Å². The summed E-state index contributed by atoms with van der Waals surface area (Å²) in [4.78, 5) is 12.6. The van der Waals surface area contributed by atoms with Crippen LogP contribution in [0.1, 0.15) is 33.3 Å². The molecule has 0 saturated heterocycles. The highest BCUT2D eigenvalue weighted by Crippen LogP contribution is 2.38. The van der Waals surface area contributed by atoms with E-state index in [1.165, 1.54) is 0 Å². The summed E-state index contributed by atoms with van der Waals surface area (Å²) in [5.74, 6) is -0.497. The molecule has 0 spiro atoms. The molecule has 1 aliphatic heterocycles. The van der Waals surface area contributed by atoms with Crippen molar-refractivity contribution in [3.63, 3.8) is 0 Å². The lowest BCUT2D eigenvalue weighted by atomic mass is 10.1. The molecule has 6 heteroatoms. The Morgan fingerprint density at radius 3 is 2.19 bits per heavy atom. The number of benzene rings is 1. The minimum absolute atomic E-state index is 0.0601. The van der Waals surface area contributed by atoms with Gasteiger partial charge in [-0.05, 0) is 33.3 Å². The van der Waals surface area contributed by atoms with Crippen molar-refractivity contribution in [3.05, 3.63) is 41.6 Å². The van der Waals surface area contributed by atoms with E-state index in [1.807, 2.05) is 13.0 Å². The van der Waals surface area contributed by atoms with Crippen molar-refractivity contribution in [1.29, 1.82) is 0 Å². The Balaban J connectivity index is 2.70. The molecule has 21 heavy (non-hydrogen) atoms. The molecule has 0 unspecified atom stereocenters. The fourth-order valence-corrected chi connectivity index (χ4v) is 4.47. The molecule has 1 aromatic carbocycles. The molecule has 0 bridgehead atoms. The van der Waals surface area contributed by atoms with E-state index in [2.05, 4.69) is 5.32 Å². The van der Waals surface area contributed by atoms with E-state index in [1.54, 1.807) is 45.0 Å². The summed E-state index contributed by atoms with van der Waals surface area (Å²) in [5.41, 5.74) is -0.139. The predicted molar refractivity (Wildman–Crippen MR) is 82.6 cm³/mol. The molecular weight excluding hydrogens is 288 g/mol. The summed E-state index contributed by atoms with van der Waals surface area (Å²) < 4.78 is 26.6. The molecule has 0 fully saturated rings. The van der Waals surface area contributed by atoms with Crippen molar-refractivity contribution in [2.24, 2.45) is 0 Å². The fourth-order valence-electron chi connectivity index (χ4n) is 2.41. The van der Waals surface area contributed by atoms with Crippen LogP contribution in [0.2, 0.25) is 0 Å². The van der Waals surface area contributed by atoms with Crippen molar-refractivity contribution in [2.75, 3.05) is 6.54 Å². The van der Waals surface area contributed by atoms with Crippen molar-refractivity contribution in [1.82, 2.24) is 9.62 Å². The molecule has 2 rings (SSSR count). The number of amides is 1. The van der Waals surface area contributed by atoms with Gasteiger partial charge < -0.3 is 5.32 Å². The summed E-state index contributed by atoms with van der Waals surface area (Å²) in [6.07, 6.45) is 0. The number of nitrogens with zero attached hydrogens (tertiary/aromatic N) is 1. The SMILES string of the molecule is CCNC1=C(c2ccccc2)S(=O)(=O)N(C(C)(C)C)C1=O. The molecule has 114 valence electrons. The van der Waals surface area contributed by atoms with Crippen molar-refractivity contribution >= 4 is 20.8 Å². The summed E-state index contributed by atoms with van der Waals surface area (Å²) in [5, 5.41) is 2.91. The van der Waals surface area contributed by atoms with Crippen LogP contribution >= 0.6 is 0 Å². The average molecular weight is 308 g/mol. The Morgan fingerprint density at radius 1 is 1.14 bits per heavy atom. The molecule has 1 heterocycles. The molecule has 0 aromatic heterocycles. The topological polar surface area (TPSA) is 66.5 Å². The van der Waals surface area contributed by atoms with Crippen molar-refractivity contribution in [2.45, 2.75) is 33.2 Å². The van der Waals surface area contributed by atoms with E-state index < -0.39 is 21.5 Å². The lowest BCUT2D eigenvalue weighted by molar-refractivity contribution is -0.125. The van der Waals surface area contributed by atoms with Crippen LogP contribution < -0.4 is 5.32 Å². The first-order chi connectivity index (χ1) is 9.71. The first-order valence-electron chi connectivity index (χ1n) is 6.84. The molecule has 1 aliphatic rings. The zero-order valence-corrected chi connectivity index (χ0v) is 13.5. The number of rotatable bonds is 3. The summed E-state index contributed by atoms with van der Waals surface area (Å²) in [6, 6.07) is 8.71. The third-order valence-corrected chi connectivity index (χ3v) is 5.27. The third-order valence-electron chi connectivity index (χ3n) is 3.12. The van der Waals surface area contributed by atoms with Gasteiger partial charge in [0.2, 0.25) is 0 Å². The molecule has 0 saturated carbocycles. The molecule has 0 atom stereocenters. The minimum Gasteiger partial charge on any atom is -0.380 e. The van der Waals surface area contributed by atoms with Gasteiger partial charge in [-0.25, -0.2) is 12.7 Å². The number of carbonyl (C=O) groups excluding carboxylic acids is 1. The van der Waals surface area contributed by atoms with E-state index in [-0.39, 0.29) is 10.6 Å². The second-order valence-corrected chi connectivity index (χ2v) is 7.57. The zero-order valence-electron chi connectivity index (χ0n) is 12.7. The van der Waals surface area contributed by atoms with Crippen molar-refractivity contribution in [3.8, 4) is 0 Å². The second kappa shape index (κ2) is 5.18. The number of hydrogen-bond acceptors (Lipinski definition) is 4. The van der Waals surface area contributed by atoms with Crippen molar-refractivity contribution < 1.29 is 13.2 Å². The maximum atomic E-state index is 12.8. The van der Waals surface area contributed by atoms with Crippen LogP contribution in [0.25, 0.3) is 4.91 Å². The van der Waals surface area contributed by atoms with Crippen LogP contribution in [-0.4, -0.2) is 30.7 Å². The van der Waals surface area contributed by atoms with E-state index in [4.69, 9.17) is 0 Å². The van der Waals surface area contributed by atoms with Gasteiger partial charge in [-0.2, -0.15) is 0 Å². The maximum absolute atomic E-state index is 12.8. The van der Waals surface area contributed by atoms with Crippen LogP contribution in [0.3, 0.4) is 0 Å². The van der Waals surface area contributed by atoms with E-state index in [0.29, 0.717) is 12.1 Å². The molecule has 1 N–H and O–H groups in total. The predicted octanol–water partition coefficient (Wildman–Crippen LogP) is 1.94. The number of hydrogen-bond donors (Lipinski definition) is 1. The summed E-state index contributed by atoms with van der Waals surface area (Å²) in [7, 11) is -3.86. The molecule has 0 radical (unpaired) electrons. The van der Waals surface area contributed by atoms with Gasteiger partial charge in [0.1, 0.15) is 10.6 Å². The smallest absolute Gasteiger partial charge is 0.285 e. The van der Waals surface area contributed by atoms with Crippen LogP contribution in [0.5, 0.6) is 0 Å². The highest BCUT2D eigenvalue weighted by Gasteiger charge is 2.49. The van der Waals surface area contributed by atoms with Gasteiger partial charge in [0, 0.05) is 6.54 Å². The normalized spacial score (nSPS) is 18.3. The largest absolute Gasteiger partial charge is 0.380 e. The Hall–Kier alpha value is -1.82. The average Bonchev–Trinajstić information content (AvgIpc) is 2.57. The van der Waals surface area contributed by atoms with Gasteiger partial charge in [-0.1, -0.05) is 30.3 Å². The molecule has 0 aliphatic carbocycles. The third kappa shape index (κ3) is 2.55. The quantitative estimate of drug-likeness (QED) is 0.926. The first-order valence-corrected chi connectivity index (χ1v) is 8.28. The maximum Gasteiger partial charge on any atom is 0.285 e. The van der Waals surface area contributed by atoms with Crippen LogP contribution in [-0.2, 0) is 14.8 Å². The Kier molecular flexibility index (Phi) is 3.84. The Bertz CT molecular complexity index is 685. The molecular formula is C15H20N2O3S. The van der Waals surface area contributed by atoms with Gasteiger partial charge in [-0.15, -0.1) is 0 Å². The fraction of sp³-hybridized carbons (Fsp3) is 0.400. The zero-order chi connectivity index (χ0) is 15.8. The van der Waals surface area contributed by atoms with Gasteiger partial charge in [-0.3, -0.25) is 4.79 Å². The van der Waals surface area contributed by atoms with E-state index in [9.17, 15) is 13.2 Å². The van der Waals surface area contributed by atoms with Gasteiger partial charge in [0.25, 0.3) is 15.9 Å². The summed E-state index contributed by atoms with van der Waals surface area (Å²) in [6.45, 7) is 7.43. The Morgan fingerprint density at radius 2 is 1.71 bits per heavy atom. The van der Waals surface area contributed by atoms with Gasteiger partial charge in [0.05, 0.1) is 5.54 Å². The van der Waals surface area contributed by atoms with Gasteiger partial charge in [0.15, 0.2) is 0 Å². The number of sulfonamides is 1. The molecule has 5 nitrogen and oxygen atoms in total. The highest BCUT2D eigenvalue weighted by atomic mass is 32.2. The number of likely N-dealkylation sites (N-methyl/N-ethyl adjacent to an activating group) is 1. The van der Waals surface area contributed by atoms with Crippen LogP contribution in [0, 0.1) is 0 Å². The molecule has 1 aromatic rings. The van der Waals surface area contributed by atoms with Crippen LogP contribution in [0.4, 0.5) is 0 Å². The standard InChI is InChI=1S/C15H20N2O3S/c1-5-16-12-13(11-9-7-6-8-10-11)21(19,20)17(14(12)18)15(2,3)4/h6-10,16H,5H2,1-4H3. The minimum atomic E-state index is -3.86. The lowest BCUT2D eigenvalue weighted by Gasteiger charge is -2.30. The van der Waals surface area contributed by atoms with Crippen LogP contribution in [0.15, 0.2) is 36.0 Å². The monoisotopic (exact) mass is 308 g/mol. The first kappa shape index (κ1) is 15.6. The lowest BCUT2D eigenvalue weighted by Crippen LogP contribution is -2.46. The van der Waals surface area contributed by atoms with E-state index in [0.717, 1.165) is 4.31 Å². The number of carbonyl (C=O) groups is 1.